The van der Waals surface area contributed by atoms with Crippen molar-refractivity contribution in [2.24, 2.45) is 4.99 Å². The first-order valence-corrected chi connectivity index (χ1v) is 10.0. The largest absolute Gasteiger partial charge is 0.360 e. The molecular weight excluding hydrogens is 469 g/mol. The Morgan fingerprint density at radius 1 is 1.07 bits per heavy atom. The van der Waals surface area contributed by atoms with E-state index in [0.29, 0.717) is 0 Å². The van der Waals surface area contributed by atoms with Gasteiger partial charge in [-0.2, -0.15) is 0 Å². The number of anilines is 1. The third-order valence-corrected chi connectivity index (χ3v) is 5.51. The number of aliphatic imine (C=N–C) groups is 1. The van der Waals surface area contributed by atoms with Crippen LogP contribution in [0.5, 0.6) is 0 Å². The molecule has 0 spiro atoms. The van der Waals surface area contributed by atoms with Gasteiger partial charge >= 0.3 is 0 Å². The van der Waals surface area contributed by atoms with E-state index in [9.17, 15) is 0 Å². The van der Waals surface area contributed by atoms with E-state index >= 15 is 0 Å². The first-order valence-electron chi connectivity index (χ1n) is 9.12. The van der Waals surface area contributed by atoms with Gasteiger partial charge in [-0.1, -0.05) is 24.3 Å². The highest BCUT2D eigenvalue weighted by molar-refractivity contribution is 14.0. The van der Waals surface area contributed by atoms with Crippen molar-refractivity contribution in [2.45, 2.75) is 13.1 Å². The fourth-order valence-corrected chi connectivity index (χ4v) is 4.01. The summed E-state index contributed by atoms with van der Waals surface area (Å²) in [6.45, 7) is 5.86. The number of nitrogens with one attached hydrogen (secondary N) is 1. The summed E-state index contributed by atoms with van der Waals surface area (Å²) in [6, 6.07) is 13.1. The third kappa shape index (κ3) is 6.36. The molecular formula is C20H30IN5S. The van der Waals surface area contributed by atoms with Gasteiger partial charge in [0.1, 0.15) is 0 Å². The van der Waals surface area contributed by atoms with Crippen LogP contribution in [0.25, 0.3) is 0 Å². The van der Waals surface area contributed by atoms with Crippen LogP contribution in [0.2, 0.25) is 0 Å². The molecule has 0 aliphatic carbocycles. The van der Waals surface area contributed by atoms with Crippen LogP contribution in [0, 0.1) is 0 Å². The highest BCUT2D eigenvalue weighted by atomic mass is 127. The van der Waals surface area contributed by atoms with Crippen molar-refractivity contribution in [3.63, 3.8) is 0 Å². The van der Waals surface area contributed by atoms with E-state index in [1.807, 2.05) is 18.4 Å². The van der Waals surface area contributed by atoms with Gasteiger partial charge in [0.2, 0.25) is 0 Å². The van der Waals surface area contributed by atoms with Crippen LogP contribution in [-0.4, -0.2) is 63.1 Å². The molecule has 2 heterocycles. The number of guanidine groups is 1. The Labute approximate surface area is 184 Å². The zero-order valence-corrected chi connectivity index (χ0v) is 19.5. The van der Waals surface area contributed by atoms with E-state index in [-0.39, 0.29) is 24.0 Å². The Kier molecular flexibility index (Phi) is 8.85. The average molecular weight is 499 g/mol. The SMILES string of the molecule is CN=C(NCc1ccc(CN(C)C)cc1)N1CCN(c2cccs2)CC1.I. The van der Waals surface area contributed by atoms with Crippen LogP contribution in [0.15, 0.2) is 46.8 Å². The molecule has 1 aliphatic heterocycles. The van der Waals surface area contributed by atoms with Crippen LogP contribution >= 0.6 is 35.3 Å². The molecule has 148 valence electrons. The summed E-state index contributed by atoms with van der Waals surface area (Å²) < 4.78 is 0. The maximum Gasteiger partial charge on any atom is 0.194 e. The molecule has 1 saturated heterocycles. The first-order chi connectivity index (χ1) is 12.7. The third-order valence-electron chi connectivity index (χ3n) is 4.58. The lowest BCUT2D eigenvalue weighted by Gasteiger charge is -2.37. The van der Waals surface area contributed by atoms with E-state index < -0.39 is 0 Å². The Hall–Kier alpha value is -1.32. The molecule has 0 radical (unpaired) electrons. The van der Waals surface area contributed by atoms with Gasteiger partial charge in [-0.05, 0) is 42.7 Å². The van der Waals surface area contributed by atoms with Crippen LogP contribution in [-0.2, 0) is 13.1 Å². The molecule has 0 bridgehead atoms. The average Bonchev–Trinajstić information content (AvgIpc) is 3.18. The van der Waals surface area contributed by atoms with E-state index in [0.717, 1.165) is 45.2 Å². The Morgan fingerprint density at radius 3 is 2.30 bits per heavy atom. The molecule has 27 heavy (non-hydrogen) atoms. The molecule has 1 aliphatic rings. The van der Waals surface area contributed by atoms with E-state index in [2.05, 4.69) is 80.9 Å². The molecule has 0 atom stereocenters. The molecule has 2 aromatic rings. The van der Waals surface area contributed by atoms with Gasteiger partial charge in [-0.25, -0.2) is 0 Å². The molecule has 5 nitrogen and oxygen atoms in total. The Morgan fingerprint density at radius 2 is 1.74 bits per heavy atom. The van der Waals surface area contributed by atoms with Crippen molar-refractivity contribution in [1.29, 1.82) is 0 Å². The molecule has 1 N–H and O–H groups in total. The summed E-state index contributed by atoms with van der Waals surface area (Å²) >= 11 is 1.82. The second-order valence-corrected chi connectivity index (χ2v) is 7.81. The second-order valence-electron chi connectivity index (χ2n) is 6.88. The van der Waals surface area contributed by atoms with Crippen molar-refractivity contribution < 1.29 is 0 Å². The summed E-state index contributed by atoms with van der Waals surface area (Å²) in [7, 11) is 6.06. The zero-order valence-electron chi connectivity index (χ0n) is 16.4. The lowest BCUT2D eigenvalue weighted by molar-refractivity contribution is 0.373. The van der Waals surface area contributed by atoms with E-state index in [1.54, 1.807) is 0 Å². The molecule has 7 heteroatoms. The summed E-state index contributed by atoms with van der Waals surface area (Å²) in [4.78, 5) is 11.5. The topological polar surface area (TPSA) is 34.1 Å². The van der Waals surface area contributed by atoms with Gasteiger partial charge in [0.25, 0.3) is 0 Å². The molecule has 0 amide bonds. The van der Waals surface area contributed by atoms with Crippen LogP contribution in [0.1, 0.15) is 11.1 Å². The minimum atomic E-state index is 0. The Balaban J connectivity index is 0.00000261. The highest BCUT2D eigenvalue weighted by Gasteiger charge is 2.20. The molecule has 3 rings (SSSR count). The molecule has 1 aromatic heterocycles. The minimum absolute atomic E-state index is 0. The maximum atomic E-state index is 4.48. The standard InChI is InChI=1S/C20H29N5S.HI/c1-21-20(22-15-17-6-8-18(9-7-17)16-23(2)3)25-12-10-24(11-13-25)19-5-4-14-26-19;/h4-9,14H,10-13,15-16H2,1-3H3,(H,21,22);1H. The minimum Gasteiger partial charge on any atom is -0.360 e. The predicted molar refractivity (Wildman–Crippen MR) is 128 cm³/mol. The number of benzene rings is 1. The number of rotatable bonds is 5. The van der Waals surface area contributed by atoms with Gasteiger partial charge in [-0.3, -0.25) is 4.99 Å². The van der Waals surface area contributed by atoms with Crippen LogP contribution < -0.4 is 10.2 Å². The highest BCUT2D eigenvalue weighted by Crippen LogP contribution is 2.22. The number of hydrogen-bond donors (Lipinski definition) is 1. The number of halogens is 1. The lowest BCUT2D eigenvalue weighted by Crippen LogP contribution is -2.52. The van der Waals surface area contributed by atoms with Crippen molar-refractivity contribution in [3.05, 3.63) is 52.9 Å². The molecule has 1 fully saturated rings. The van der Waals surface area contributed by atoms with Gasteiger partial charge in [-0.15, -0.1) is 35.3 Å². The summed E-state index contributed by atoms with van der Waals surface area (Å²) in [5.41, 5.74) is 2.62. The van der Waals surface area contributed by atoms with E-state index in [1.165, 1.54) is 16.1 Å². The monoisotopic (exact) mass is 499 g/mol. The summed E-state index contributed by atoms with van der Waals surface area (Å²) in [5, 5.41) is 7.03. The van der Waals surface area contributed by atoms with Gasteiger partial charge in [0, 0.05) is 46.3 Å². The molecule has 0 saturated carbocycles. The van der Waals surface area contributed by atoms with Crippen molar-refractivity contribution in [2.75, 3.05) is 52.2 Å². The van der Waals surface area contributed by atoms with Crippen LogP contribution in [0.4, 0.5) is 5.00 Å². The van der Waals surface area contributed by atoms with Crippen molar-refractivity contribution in [1.82, 2.24) is 15.1 Å². The second kappa shape index (κ2) is 10.9. The number of hydrogen-bond acceptors (Lipinski definition) is 4. The van der Waals surface area contributed by atoms with Crippen LogP contribution in [0.3, 0.4) is 0 Å². The Bertz CT molecular complexity index is 692. The lowest BCUT2D eigenvalue weighted by atomic mass is 10.1. The number of piperazine rings is 1. The predicted octanol–water partition coefficient (Wildman–Crippen LogP) is 3.33. The van der Waals surface area contributed by atoms with Gasteiger partial charge < -0.3 is 20.0 Å². The van der Waals surface area contributed by atoms with E-state index in [4.69, 9.17) is 0 Å². The number of nitrogens with zero attached hydrogens (tertiary/aromatic N) is 4. The fourth-order valence-electron chi connectivity index (χ4n) is 3.23. The maximum absolute atomic E-state index is 4.48. The fraction of sp³-hybridized carbons (Fsp3) is 0.450. The first kappa shape index (κ1) is 22.0. The molecule has 1 aromatic carbocycles. The van der Waals surface area contributed by atoms with Gasteiger partial charge in [0.05, 0.1) is 5.00 Å². The van der Waals surface area contributed by atoms with Gasteiger partial charge in [0.15, 0.2) is 5.96 Å². The smallest absolute Gasteiger partial charge is 0.194 e. The molecule has 0 unspecified atom stereocenters. The van der Waals surface area contributed by atoms with Crippen molar-refractivity contribution in [3.8, 4) is 0 Å². The zero-order chi connectivity index (χ0) is 18.4. The quantitative estimate of drug-likeness (QED) is 0.389. The number of thiophene rings is 1. The normalized spacial score (nSPS) is 15.0. The summed E-state index contributed by atoms with van der Waals surface area (Å²) in [5.74, 6) is 0.994. The van der Waals surface area contributed by atoms with Crippen molar-refractivity contribution >= 4 is 46.3 Å². The summed E-state index contributed by atoms with van der Waals surface area (Å²) in [6.07, 6.45) is 0.